The van der Waals surface area contributed by atoms with Gasteiger partial charge in [-0.25, -0.2) is 4.98 Å². The van der Waals surface area contributed by atoms with Crippen molar-refractivity contribution in [3.63, 3.8) is 0 Å². The number of aromatic nitrogens is 2. The fourth-order valence-electron chi connectivity index (χ4n) is 2.33. The summed E-state index contributed by atoms with van der Waals surface area (Å²) in [6.45, 7) is 7.80. The van der Waals surface area contributed by atoms with Crippen molar-refractivity contribution in [1.82, 2.24) is 14.5 Å². The van der Waals surface area contributed by atoms with Gasteiger partial charge in [-0.1, -0.05) is 0 Å². The molecule has 2 rings (SSSR count). The molecule has 0 radical (unpaired) electrons. The van der Waals surface area contributed by atoms with Crippen LogP contribution in [0.15, 0.2) is 12.4 Å². The molecule has 5 nitrogen and oxygen atoms in total. The van der Waals surface area contributed by atoms with Gasteiger partial charge in [0.1, 0.15) is 5.82 Å². The average Bonchev–Trinajstić information content (AvgIpc) is 2.75. The molecule has 1 aromatic heterocycles. The van der Waals surface area contributed by atoms with Gasteiger partial charge in [-0.2, -0.15) is 0 Å². The molecule has 0 bridgehead atoms. The van der Waals surface area contributed by atoms with Crippen LogP contribution in [0.3, 0.4) is 0 Å². The second-order valence-electron chi connectivity index (χ2n) is 5.13. The van der Waals surface area contributed by atoms with Crippen molar-refractivity contribution in [3.05, 3.63) is 18.2 Å². The maximum atomic E-state index is 6.38. The van der Waals surface area contributed by atoms with E-state index >= 15 is 0 Å². The average molecular weight is 238 g/mol. The molecule has 2 N–H and O–H groups in total. The highest BCUT2D eigenvalue weighted by Gasteiger charge is 2.36. The summed E-state index contributed by atoms with van der Waals surface area (Å²) >= 11 is 0. The molecule has 1 unspecified atom stereocenters. The highest BCUT2D eigenvalue weighted by atomic mass is 16.5. The fraction of sp³-hybridized carbons (Fsp3) is 0.750. The zero-order valence-electron chi connectivity index (χ0n) is 10.9. The highest BCUT2D eigenvalue weighted by molar-refractivity contribution is 5.07. The quantitative estimate of drug-likeness (QED) is 0.834. The molecule has 5 heteroatoms. The van der Waals surface area contributed by atoms with Crippen LogP contribution >= 0.6 is 0 Å². The van der Waals surface area contributed by atoms with Gasteiger partial charge in [0.05, 0.1) is 19.3 Å². The number of nitrogens with two attached hydrogens (primary N) is 1. The number of hydrogen-bond donors (Lipinski definition) is 1. The van der Waals surface area contributed by atoms with E-state index in [1.54, 1.807) is 6.20 Å². The van der Waals surface area contributed by atoms with Crippen LogP contribution in [-0.2, 0) is 11.8 Å². The third-order valence-corrected chi connectivity index (χ3v) is 3.72. The first-order chi connectivity index (χ1) is 8.03. The summed E-state index contributed by atoms with van der Waals surface area (Å²) in [4.78, 5) is 6.74. The zero-order chi connectivity index (χ0) is 12.5. The van der Waals surface area contributed by atoms with Crippen LogP contribution in [0.1, 0.15) is 25.7 Å². The minimum absolute atomic E-state index is 0.0967. The van der Waals surface area contributed by atoms with Crippen molar-refractivity contribution in [2.24, 2.45) is 12.8 Å². The summed E-state index contributed by atoms with van der Waals surface area (Å²) in [6, 6.07) is -0.0967. The van der Waals surface area contributed by atoms with Gasteiger partial charge in [-0.05, 0) is 13.8 Å². The molecule has 1 saturated heterocycles. The number of nitrogens with zero attached hydrogens (tertiary/aromatic N) is 3. The molecule has 0 aliphatic carbocycles. The van der Waals surface area contributed by atoms with Crippen LogP contribution in [-0.4, -0.2) is 46.3 Å². The normalized spacial score (nSPS) is 20.5. The van der Waals surface area contributed by atoms with E-state index in [-0.39, 0.29) is 11.6 Å². The third kappa shape index (κ3) is 2.36. The number of imidazole rings is 1. The van der Waals surface area contributed by atoms with Crippen LogP contribution in [0, 0.1) is 0 Å². The van der Waals surface area contributed by atoms with Crippen LogP contribution in [0.4, 0.5) is 0 Å². The molecular formula is C12H22N4O. The largest absolute Gasteiger partial charge is 0.379 e. The Morgan fingerprint density at radius 2 is 2.06 bits per heavy atom. The molecular weight excluding hydrogens is 216 g/mol. The predicted octanol–water partition coefficient (Wildman–Crippen LogP) is 0.531. The van der Waals surface area contributed by atoms with Gasteiger partial charge >= 0.3 is 0 Å². The van der Waals surface area contributed by atoms with E-state index in [0.717, 1.165) is 32.1 Å². The van der Waals surface area contributed by atoms with Crippen LogP contribution in [0.5, 0.6) is 0 Å². The first-order valence-electron chi connectivity index (χ1n) is 6.09. The van der Waals surface area contributed by atoms with E-state index in [2.05, 4.69) is 23.7 Å². The van der Waals surface area contributed by atoms with E-state index in [1.807, 2.05) is 17.8 Å². The lowest BCUT2D eigenvalue weighted by molar-refractivity contribution is -0.0202. The predicted molar refractivity (Wildman–Crippen MR) is 66.6 cm³/mol. The number of rotatable bonds is 3. The molecule has 1 aromatic rings. The Kier molecular flexibility index (Phi) is 3.51. The van der Waals surface area contributed by atoms with Crippen molar-refractivity contribution in [2.75, 3.05) is 26.3 Å². The van der Waals surface area contributed by atoms with Crippen molar-refractivity contribution in [2.45, 2.75) is 25.4 Å². The number of aryl methyl sites for hydroxylation is 1. The molecule has 0 saturated carbocycles. The first-order valence-corrected chi connectivity index (χ1v) is 6.09. The molecule has 0 spiro atoms. The van der Waals surface area contributed by atoms with Crippen LogP contribution in [0.25, 0.3) is 0 Å². The Morgan fingerprint density at radius 3 is 2.59 bits per heavy atom. The number of morpholine rings is 1. The van der Waals surface area contributed by atoms with Crippen molar-refractivity contribution < 1.29 is 4.74 Å². The second kappa shape index (κ2) is 4.76. The van der Waals surface area contributed by atoms with Gasteiger partial charge in [-0.3, -0.25) is 4.90 Å². The van der Waals surface area contributed by atoms with E-state index in [0.29, 0.717) is 0 Å². The van der Waals surface area contributed by atoms with Crippen molar-refractivity contribution in [1.29, 1.82) is 0 Å². The summed E-state index contributed by atoms with van der Waals surface area (Å²) in [7, 11) is 1.98. The molecule has 96 valence electrons. The summed E-state index contributed by atoms with van der Waals surface area (Å²) in [6.07, 6.45) is 3.73. The lowest BCUT2D eigenvalue weighted by Crippen LogP contribution is -2.55. The minimum atomic E-state index is -0.108. The molecule has 1 aliphatic rings. The third-order valence-electron chi connectivity index (χ3n) is 3.72. The summed E-state index contributed by atoms with van der Waals surface area (Å²) in [5.74, 6) is 0.932. The van der Waals surface area contributed by atoms with Gasteiger partial charge in [0.15, 0.2) is 0 Å². The Balaban J connectivity index is 2.16. The van der Waals surface area contributed by atoms with Gasteiger partial charge in [0.2, 0.25) is 0 Å². The lowest BCUT2D eigenvalue weighted by Gasteiger charge is -2.44. The smallest absolute Gasteiger partial charge is 0.127 e. The summed E-state index contributed by atoms with van der Waals surface area (Å²) in [5.41, 5.74) is 6.27. The van der Waals surface area contributed by atoms with E-state index < -0.39 is 0 Å². The molecule has 17 heavy (non-hydrogen) atoms. The zero-order valence-corrected chi connectivity index (χ0v) is 10.9. The molecule has 2 heterocycles. The number of hydrogen-bond acceptors (Lipinski definition) is 4. The van der Waals surface area contributed by atoms with Gasteiger partial charge in [0, 0.05) is 38.1 Å². The SMILES string of the molecule is Cn1ccnc1C(N)C(C)(C)N1CCOCC1. The van der Waals surface area contributed by atoms with E-state index in [1.165, 1.54) is 0 Å². The van der Waals surface area contributed by atoms with Crippen LogP contribution < -0.4 is 5.73 Å². The number of ether oxygens (including phenoxy) is 1. The fourth-order valence-corrected chi connectivity index (χ4v) is 2.33. The highest BCUT2D eigenvalue weighted by Crippen LogP contribution is 2.28. The Bertz CT molecular complexity index is 368. The Labute approximate surface area is 103 Å². The maximum Gasteiger partial charge on any atom is 0.127 e. The standard InChI is InChI=1S/C12H22N4O/c1-12(2,16-6-8-17-9-7-16)10(13)11-14-4-5-15(11)3/h4-5,10H,6-9,13H2,1-3H3. The summed E-state index contributed by atoms with van der Waals surface area (Å²) < 4.78 is 7.38. The minimum Gasteiger partial charge on any atom is -0.379 e. The molecule has 1 aliphatic heterocycles. The molecule has 0 amide bonds. The lowest BCUT2D eigenvalue weighted by atomic mass is 9.92. The monoisotopic (exact) mass is 238 g/mol. The Hall–Kier alpha value is -0.910. The molecule has 0 aromatic carbocycles. The van der Waals surface area contributed by atoms with Gasteiger partial charge in [0.25, 0.3) is 0 Å². The Morgan fingerprint density at radius 1 is 1.41 bits per heavy atom. The van der Waals surface area contributed by atoms with Gasteiger partial charge in [-0.15, -0.1) is 0 Å². The van der Waals surface area contributed by atoms with Crippen molar-refractivity contribution in [3.8, 4) is 0 Å². The topological polar surface area (TPSA) is 56.3 Å². The second-order valence-corrected chi connectivity index (χ2v) is 5.13. The van der Waals surface area contributed by atoms with Gasteiger partial charge < -0.3 is 15.0 Å². The van der Waals surface area contributed by atoms with Crippen molar-refractivity contribution >= 4 is 0 Å². The maximum absolute atomic E-state index is 6.38. The summed E-state index contributed by atoms with van der Waals surface area (Å²) in [5, 5.41) is 0. The first kappa shape index (κ1) is 12.5. The van der Waals surface area contributed by atoms with E-state index in [4.69, 9.17) is 10.5 Å². The van der Waals surface area contributed by atoms with Crippen LogP contribution in [0.2, 0.25) is 0 Å². The molecule has 1 atom stereocenters. The molecule has 1 fully saturated rings. The van der Waals surface area contributed by atoms with E-state index in [9.17, 15) is 0 Å².